The number of aliphatic hydroxyl groups is 1. The van der Waals surface area contributed by atoms with Crippen LogP contribution in [0.4, 0.5) is 9.59 Å². The molecule has 4 rings (SSSR count). The van der Waals surface area contributed by atoms with E-state index in [0.717, 1.165) is 29.5 Å². The van der Waals surface area contributed by atoms with Crippen LogP contribution in [0.3, 0.4) is 0 Å². The summed E-state index contributed by atoms with van der Waals surface area (Å²) in [6, 6.07) is 24.5. The maximum absolute atomic E-state index is 13.9. The number of benzene rings is 3. The van der Waals surface area contributed by atoms with Crippen molar-refractivity contribution in [2.24, 2.45) is 0 Å². The lowest BCUT2D eigenvalue weighted by atomic mass is 9.94. The number of carbonyl (C=O) groups excluding carboxylic acids is 2. The predicted octanol–water partition coefficient (Wildman–Crippen LogP) is 7.50. The maximum atomic E-state index is 13.9. The van der Waals surface area contributed by atoms with Crippen molar-refractivity contribution in [2.45, 2.75) is 89.7 Å². The molecule has 0 spiro atoms. The molecule has 246 valence electrons. The van der Waals surface area contributed by atoms with Gasteiger partial charge in [-0.1, -0.05) is 93.2 Å². The fraction of sp³-hybridized carbons (Fsp3) is 0.421. The largest absolute Gasteiger partial charge is 0.490 e. The van der Waals surface area contributed by atoms with E-state index in [1.165, 1.54) is 5.56 Å². The van der Waals surface area contributed by atoms with Crippen LogP contribution in [0.15, 0.2) is 91.5 Å². The van der Waals surface area contributed by atoms with Crippen LogP contribution < -0.4 is 10.1 Å². The molecule has 1 saturated carbocycles. The van der Waals surface area contributed by atoms with Crippen LogP contribution in [-0.4, -0.2) is 53.1 Å². The van der Waals surface area contributed by atoms with Gasteiger partial charge in [0.15, 0.2) is 0 Å². The number of hydrogen-bond donors (Lipinski definition) is 2. The second-order valence-electron chi connectivity index (χ2n) is 13.2. The van der Waals surface area contributed by atoms with Crippen molar-refractivity contribution in [3.05, 3.63) is 114 Å². The summed E-state index contributed by atoms with van der Waals surface area (Å²) in [4.78, 5) is 28.6. The Kier molecular flexibility index (Phi) is 11.5. The smallest absolute Gasteiger partial charge is 0.410 e. The van der Waals surface area contributed by atoms with Crippen molar-refractivity contribution in [1.82, 2.24) is 10.2 Å². The highest BCUT2D eigenvalue weighted by Crippen LogP contribution is 2.52. The zero-order chi connectivity index (χ0) is 33.3. The number of aliphatic hydroxyl groups excluding tert-OH is 1. The van der Waals surface area contributed by atoms with Crippen molar-refractivity contribution in [1.29, 1.82) is 0 Å². The number of hydrogen-bond acceptors (Lipinski definition) is 6. The molecular formula is C38H48N2O6. The Balaban J connectivity index is 1.64. The molecule has 0 unspecified atom stereocenters. The summed E-state index contributed by atoms with van der Waals surface area (Å²) in [6.45, 7) is 13.7. The van der Waals surface area contributed by atoms with Crippen LogP contribution in [0, 0.1) is 0 Å². The van der Waals surface area contributed by atoms with Crippen LogP contribution in [0.2, 0.25) is 0 Å². The van der Waals surface area contributed by atoms with Gasteiger partial charge in [0.2, 0.25) is 0 Å². The lowest BCUT2D eigenvalue weighted by Crippen LogP contribution is -2.53. The van der Waals surface area contributed by atoms with Crippen molar-refractivity contribution in [2.75, 3.05) is 13.2 Å². The SMILES string of the molecule is C=CCOc1cccc(C[C@H](NC(=O)OC(C)(C)C)[C@@H](O)CN(C(=O)OCc2ccccc2)C2(c3cccc(C(C)C)c3)CC2)c1. The number of nitrogens with zero attached hydrogens (tertiary/aromatic N) is 1. The minimum atomic E-state index is -1.15. The number of rotatable bonds is 14. The van der Waals surface area contributed by atoms with Gasteiger partial charge in [0.05, 0.1) is 24.2 Å². The normalized spacial score (nSPS) is 14.9. The summed E-state index contributed by atoms with van der Waals surface area (Å²) in [7, 11) is 0. The van der Waals surface area contributed by atoms with Crippen molar-refractivity contribution in [3.8, 4) is 5.75 Å². The topological polar surface area (TPSA) is 97.3 Å². The Morgan fingerprint density at radius 3 is 2.35 bits per heavy atom. The van der Waals surface area contributed by atoms with E-state index in [-0.39, 0.29) is 19.6 Å². The van der Waals surface area contributed by atoms with Crippen LogP contribution >= 0.6 is 0 Å². The third-order valence-electron chi connectivity index (χ3n) is 8.01. The van der Waals surface area contributed by atoms with E-state index in [1.807, 2.05) is 66.7 Å². The first-order valence-electron chi connectivity index (χ1n) is 16.0. The van der Waals surface area contributed by atoms with E-state index in [2.05, 4.69) is 37.9 Å². The molecule has 1 aliphatic rings. The molecular weight excluding hydrogens is 580 g/mol. The predicted molar refractivity (Wildman–Crippen MR) is 180 cm³/mol. The minimum Gasteiger partial charge on any atom is -0.490 e. The lowest BCUT2D eigenvalue weighted by Gasteiger charge is -2.36. The first kappa shape index (κ1) is 34.6. The van der Waals surface area contributed by atoms with Crippen LogP contribution in [0.1, 0.15) is 75.6 Å². The zero-order valence-electron chi connectivity index (χ0n) is 27.7. The Morgan fingerprint density at radius 2 is 1.70 bits per heavy atom. The highest BCUT2D eigenvalue weighted by atomic mass is 16.6. The Hall–Kier alpha value is -4.30. The van der Waals surface area contributed by atoms with Gasteiger partial charge in [-0.05, 0) is 80.3 Å². The highest BCUT2D eigenvalue weighted by molar-refractivity contribution is 5.71. The third-order valence-corrected chi connectivity index (χ3v) is 8.01. The highest BCUT2D eigenvalue weighted by Gasteiger charge is 2.53. The van der Waals surface area contributed by atoms with E-state index in [0.29, 0.717) is 18.3 Å². The third kappa shape index (κ3) is 9.60. The fourth-order valence-electron chi connectivity index (χ4n) is 5.47. The average Bonchev–Trinajstić information content (AvgIpc) is 3.83. The summed E-state index contributed by atoms with van der Waals surface area (Å²) in [5.41, 5.74) is 2.52. The molecule has 0 bridgehead atoms. The first-order chi connectivity index (χ1) is 21.9. The molecule has 2 N–H and O–H groups in total. The monoisotopic (exact) mass is 628 g/mol. The molecule has 0 aromatic heterocycles. The molecule has 0 radical (unpaired) electrons. The molecule has 0 saturated heterocycles. The van der Waals surface area contributed by atoms with Gasteiger partial charge in [-0.2, -0.15) is 0 Å². The standard InChI is InChI=1S/C38H48N2O6/c1-7-21-44-32-18-11-15-29(22-32)23-33(39-35(42)46-37(4,5)6)34(41)25-40(36(43)45-26-28-13-9-8-10-14-28)38(19-20-38)31-17-12-16-30(24-31)27(2)3/h7-18,22,24,27,33-34,41H,1,19-21,23,25-26H2,2-6H3,(H,39,42)/t33-,34-/m0/s1. The van der Waals surface area contributed by atoms with Crippen molar-refractivity contribution >= 4 is 12.2 Å². The van der Waals surface area contributed by atoms with E-state index >= 15 is 0 Å². The molecule has 2 amide bonds. The summed E-state index contributed by atoms with van der Waals surface area (Å²) < 4.78 is 17.1. The number of ether oxygens (including phenoxy) is 3. The molecule has 0 aliphatic heterocycles. The minimum absolute atomic E-state index is 0.0628. The summed E-state index contributed by atoms with van der Waals surface area (Å²) in [5.74, 6) is 0.962. The Bertz CT molecular complexity index is 1460. The molecule has 2 atom stereocenters. The second-order valence-corrected chi connectivity index (χ2v) is 13.2. The molecule has 46 heavy (non-hydrogen) atoms. The van der Waals surface area contributed by atoms with Crippen LogP contribution in [0.5, 0.6) is 5.75 Å². The summed E-state index contributed by atoms with van der Waals surface area (Å²) in [6.07, 6.45) is 1.07. The lowest BCUT2D eigenvalue weighted by molar-refractivity contribution is 0.0230. The number of alkyl carbamates (subject to hydrolysis) is 1. The molecule has 0 heterocycles. The molecule has 8 heteroatoms. The van der Waals surface area contributed by atoms with Gasteiger partial charge in [0.25, 0.3) is 0 Å². The number of nitrogens with one attached hydrogen (secondary N) is 1. The van der Waals surface area contributed by atoms with E-state index in [9.17, 15) is 14.7 Å². The zero-order valence-corrected chi connectivity index (χ0v) is 27.7. The van der Waals surface area contributed by atoms with Gasteiger partial charge in [0.1, 0.15) is 24.6 Å². The molecule has 8 nitrogen and oxygen atoms in total. The van der Waals surface area contributed by atoms with Gasteiger partial charge >= 0.3 is 12.2 Å². The van der Waals surface area contributed by atoms with E-state index in [4.69, 9.17) is 14.2 Å². The van der Waals surface area contributed by atoms with Gasteiger partial charge in [-0.3, -0.25) is 4.90 Å². The summed E-state index contributed by atoms with van der Waals surface area (Å²) in [5, 5.41) is 14.7. The number of amides is 2. The molecule has 1 fully saturated rings. The first-order valence-corrected chi connectivity index (χ1v) is 16.0. The number of carbonyl (C=O) groups is 2. The van der Waals surface area contributed by atoms with Gasteiger partial charge in [0, 0.05) is 0 Å². The van der Waals surface area contributed by atoms with E-state index in [1.54, 1.807) is 31.7 Å². The van der Waals surface area contributed by atoms with Crippen molar-refractivity contribution < 1.29 is 28.9 Å². The summed E-state index contributed by atoms with van der Waals surface area (Å²) >= 11 is 0. The molecule has 3 aromatic carbocycles. The Labute approximate surface area is 273 Å². The quantitative estimate of drug-likeness (QED) is 0.180. The second kappa shape index (κ2) is 15.3. The van der Waals surface area contributed by atoms with Gasteiger partial charge < -0.3 is 24.6 Å². The molecule has 3 aromatic rings. The Morgan fingerprint density at radius 1 is 1.00 bits per heavy atom. The van der Waals surface area contributed by atoms with E-state index < -0.39 is 35.5 Å². The fourth-order valence-corrected chi connectivity index (χ4v) is 5.47. The van der Waals surface area contributed by atoms with Crippen LogP contribution in [-0.2, 0) is 28.0 Å². The average molecular weight is 629 g/mol. The molecule has 1 aliphatic carbocycles. The van der Waals surface area contributed by atoms with Gasteiger partial charge in [-0.25, -0.2) is 9.59 Å². The van der Waals surface area contributed by atoms with Crippen molar-refractivity contribution in [3.63, 3.8) is 0 Å². The maximum Gasteiger partial charge on any atom is 0.410 e. The van der Waals surface area contributed by atoms with Gasteiger partial charge in [-0.15, -0.1) is 0 Å². The van der Waals surface area contributed by atoms with Crippen LogP contribution in [0.25, 0.3) is 0 Å².